The lowest BCUT2D eigenvalue weighted by molar-refractivity contribution is 0.0926. The molecule has 0 spiro atoms. The first-order valence-corrected chi connectivity index (χ1v) is 6.44. The summed E-state index contributed by atoms with van der Waals surface area (Å²) in [7, 11) is 0. The predicted octanol–water partition coefficient (Wildman–Crippen LogP) is 2.42. The molecule has 0 aliphatic heterocycles. The minimum Gasteiger partial charge on any atom is -0.361 e. The summed E-state index contributed by atoms with van der Waals surface area (Å²) in [5, 5.41) is 6.63. The first kappa shape index (κ1) is 11.6. The van der Waals surface area contributed by atoms with Gasteiger partial charge in [0.2, 0.25) is 0 Å². The number of aryl methyl sites for hydroxylation is 1. The Morgan fingerprint density at radius 1 is 1.50 bits per heavy atom. The fraction of sp³-hybridized carbons (Fsp3) is 0.636. The van der Waals surface area contributed by atoms with Crippen LogP contribution in [-0.2, 0) is 0 Å². The van der Waals surface area contributed by atoms with Crippen LogP contribution in [0.1, 0.15) is 41.8 Å². The van der Waals surface area contributed by atoms with Crippen molar-refractivity contribution in [3.8, 4) is 0 Å². The Labute approximate surface area is 103 Å². The zero-order valence-corrected chi connectivity index (χ0v) is 10.8. The fourth-order valence-electron chi connectivity index (χ4n) is 1.98. The number of halogens is 1. The van der Waals surface area contributed by atoms with E-state index in [0.717, 1.165) is 25.7 Å². The molecule has 1 heterocycles. The third-order valence-electron chi connectivity index (χ3n) is 2.99. The van der Waals surface area contributed by atoms with Crippen LogP contribution >= 0.6 is 15.9 Å². The van der Waals surface area contributed by atoms with Crippen molar-refractivity contribution in [3.63, 3.8) is 0 Å². The van der Waals surface area contributed by atoms with E-state index in [-0.39, 0.29) is 11.9 Å². The van der Waals surface area contributed by atoms with E-state index in [1.807, 2.05) is 0 Å². The number of nitrogens with one attached hydrogen (secondary N) is 1. The molecule has 88 valence electrons. The molecule has 2 rings (SSSR count). The van der Waals surface area contributed by atoms with Crippen LogP contribution < -0.4 is 5.32 Å². The molecule has 1 aliphatic rings. The number of aromatic nitrogens is 1. The van der Waals surface area contributed by atoms with Crippen molar-refractivity contribution in [2.45, 2.75) is 43.5 Å². The Morgan fingerprint density at radius 2 is 2.19 bits per heavy atom. The van der Waals surface area contributed by atoms with Crippen molar-refractivity contribution >= 4 is 21.8 Å². The van der Waals surface area contributed by atoms with E-state index in [1.54, 1.807) is 6.92 Å². The summed E-state index contributed by atoms with van der Waals surface area (Å²) in [5.41, 5.74) is 0.543. The summed E-state index contributed by atoms with van der Waals surface area (Å²) in [6.07, 6.45) is 5.78. The normalized spacial score (nSPS) is 25.4. The Kier molecular flexibility index (Phi) is 3.63. The van der Waals surface area contributed by atoms with Gasteiger partial charge in [0.15, 0.2) is 0 Å². The van der Waals surface area contributed by atoms with Crippen LogP contribution in [0.25, 0.3) is 0 Å². The number of hydrogen-bond acceptors (Lipinski definition) is 3. The van der Waals surface area contributed by atoms with Gasteiger partial charge in [-0.25, -0.2) is 0 Å². The molecule has 1 N–H and O–H groups in total. The smallest absolute Gasteiger partial charge is 0.256 e. The molecule has 0 radical (unpaired) electrons. The Hall–Kier alpha value is -0.840. The Bertz CT molecular complexity index is 370. The molecule has 1 aliphatic carbocycles. The van der Waals surface area contributed by atoms with Crippen molar-refractivity contribution in [2.24, 2.45) is 0 Å². The molecule has 4 nitrogen and oxygen atoms in total. The van der Waals surface area contributed by atoms with Crippen molar-refractivity contribution in [1.82, 2.24) is 10.5 Å². The Morgan fingerprint density at radius 3 is 2.75 bits per heavy atom. The van der Waals surface area contributed by atoms with Gasteiger partial charge >= 0.3 is 0 Å². The van der Waals surface area contributed by atoms with Crippen LogP contribution in [0.15, 0.2) is 10.7 Å². The SMILES string of the molecule is Cc1oncc1C(=O)NC1CCC(Br)CC1. The van der Waals surface area contributed by atoms with Crippen molar-refractivity contribution < 1.29 is 9.32 Å². The van der Waals surface area contributed by atoms with E-state index in [2.05, 4.69) is 26.4 Å². The van der Waals surface area contributed by atoms with Crippen molar-refractivity contribution in [2.75, 3.05) is 0 Å². The van der Waals surface area contributed by atoms with Crippen LogP contribution in [0.4, 0.5) is 0 Å². The standard InChI is InChI=1S/C11H15BrN2O2/c1-7-10(6-13-16-7)11(15)14-9-4-2-8(12)3-5-9/h6,8-9H,2-5H2,1H3,(H,14,15). The zero-order chi connectivity index (χ0) is 11.5. The van der Waals surface area contributed by atoms with Gasteiger partial charge in [0.1, 0.15) is 11.3 Å². The fourth-order valence-corrected chi connectivity index (χ4v) is 2.51. The molecule has 0 saturated heterocycles. The average Bonchev–Trinajstić information content (AvgIpc) is 2.68. The zero-order valence-electron chi connectivity index (χ0n) is 9.20. The molecule has 0 unspecified atom stereocenters. The second-order valence-corrected chi connectivity index (χ2v) is 5.51. The molecule has 1 aromatic heterocycles. The maximum Gasteiger partial charge on any atom is 0.256 e. The molecular weight excluding hydrogens is 272 g/mol. The summed E-state index contributed by atoms with van der Waals surface area (Å²) in [5.74, 6) is 0.503. The quantitative estimate of drug-likeness (QED) is 0.850. The maximum atomic E-state index is 11.9. The summed E-state index contributed by atoms with van der Waals surface area (Å²) in [6.45, 7) is 1.75. The maximum absolute atomic E-state index is 11.9. The third-order valence-corrected chi connectivity index (χ3v) is 3.90. The second kappa shape index (κ2) is 4.99. The van der Waals surface area contributed by atoms with Gasteiger partial charge in [-0.15, -0.1) is 0 Å². The molecule has 0 bridgehead atoms. The molecule has 1 aromatic rings. The van der Waals surface area contributed by atoms with E-state index in [4.69, 9.17) is 4.52 Å². The van der Waals surface area contributed by atoms with E-state index < -0.39 is 0 Å². The highest BCUT2D eigenvalue weighted by Gasteiger charge is 2.22. The predicted molar refractivity (Wildman–Crippen MR) is 63.7 cm³/mol. The molecule has 1 fully saturated rings. The molecule has 5 heteroatoms. The van der Waals surface area contributed by atoms with Gasteiger partial charge < -0.3 is 9.84 Å². The minimum absolute atomic E-state index is 0.0724. The van der Waals surface area contributed by atoms with Crippen molar-refractivity contribution in [3.05, 3.63) is 17.5 Å². The lowest BCUT2D eigenvalue weighted by Gasteiger charge is -2.25. The molecule has 16 heavy (non-hydrogen) atoms. The molecule has 0 atom stereocenters. The number of rotatable bonds is 2. The van der Waals surface area contributed by atoms with Gasteiger partial charge in [0, 0.05) is 10.9 Å². The van der Waals surface area contributed by atoms with Crippen LogP contribution in [0.3, 0.4) is 0 Å². The van der Waals surface area contributed by atoms with E-state index in [1.165, 1.54) is 6.20 Å². The van der Waals surface area contributed by atoms with Gasteiger partial charge in [-0.05, 0) is 32.6 Å². The van der Waals surface area contributed by atoms with Crippen LogP contribution in [0.5, 0.6) is 0 Å². The number of hydrogen-bond donors (Lipinski definition) is 1. The summed E-state index contributed by atoms with van der Waals surface area (Å²) < 4.78 is 4.87. The van der Waals surface area contributed by atoms with E-state index >= 15 is 0 Å². The van der Waals surface area contributed by atoms with Gasteiger partial charge in [-0.2, -0.15) is 0 Å². The van der Waals surface area contributed by atoms with Gasteiger partial charge in [0.05, 0.1) is 6.20 Å². The highest BCUT2D eigenvalue weighted by Crippen LogP contribution is 2.24. The third kappa shape index (κ3) is 2.64. The second-order valence-electron chi connectivity index (χ2n) is 4.22. The lowest BCUT2D eigenvalue weighted by atomic mass is 9.95. The van der Waals surface area contributed by atoms with Crippen LogP contribution in [0.2, 0.25) is 0 Å². The number of alkyl halides is 1. The number of carbonyl (C=O) groups excluding carboxylic acids is 1. The first-order chi connectivity index (χ1) is 7.66. The molecule has 1 saturated carbocycles. The topological polar surface area (TPSA) is 55.1 Å². The number of carbonyl (C=O) groups is 1. The van der Waals surface area contributed by atoms with Crippen molar-refractivity contribution in [1.29, 1.82) is 0 Å². The van der Waals surface area contributed by atoms with Gasteiger partial charge in [-0.1, -0.05) is 21.1 Å². The number of amides is 1. The lowest BCUT2D eigenvalue weighted by Crippen LogP contribution is -2.37. The monoisotopic (exact) mass is 286 g/mol. The summed E-state index contributed by atoms with van der Waals surface area (Å²) in [4.78, 5) is 12.5. The molecular formula is C11H15BrN2O2. The summed E-state index contributed by atoms with van der Waals surface area (Å²) in [6, 6.07) is 0.288. The van der Waals surface area contributed by atoms with Gasteiger partial charge in [-0.3, -0.25) is 4.79 Å². The van der Waals surface area contributed by atoms with Gasteiger partial charge in [0.25, 0.3) is 5.91 Å². The highest BCUT2D eigenvalue weighted by molar-refractivity contribution is 9.09. The highest BCUT2D eigenvalue weighted by atomic mass is 79.9. The summed E-state index contributed by atoms with van der Waals surface area (Å²) >= 11 is 3.59. The molecule has 1 amide bonds. The van der Waals surface area contributed by atoms with E-state index in [0.29, 0.717) is 16.2 Å². The number of nitrogens with zero attached hydrogens (tertiary/aromatic N) is 1. The van der Waals surface area contributed by atoms with E-state index in [9.17, 15) is 4.79 Å². The van der Waals surface area contributed by atoms with Crippen LogP contribution in [-0.4, -0.2) is 21.9 Å². The average molecular weight is 287 g/mol. The van der Waals surface area contributed by atoms with Crippen LogP contribution in [0, 0.1) is 6.92 Å². The largest absolute Gasteiger partial charge is 0.361 e. The first-order valence-electron chi connectivity index (χ1n) is 5.53. The Balaban J connectivity index is 1.91. The minimum atomic E-state index is -0.0724. The molecule has 0 aromatic carbocycles.